The van der Waals surface area contributed by atoms with Gasteiger partial charge in [-0.2, -0.15) is 0 Å². The fourth-order valence-electron chi connectivity index (χ4n) is 3.62. The largest absolute Gasteiger partial charge is 0.467 e. The number of aryl methyl sites for hydroxylation is 1. The van der Waals surface area contributed by atoms with Gasteiger partial charge in [0, 0.05) is 5.69 Å². The van der Waals surface area contributed by atoms with Crippen molar-refractivity contribution in [2.24, 2.45) is 0 Å². The van der Waals surface area contributed by atoms with Crippen molar-refractivity contribution in [3.8, 4) is 0 Å². The lowest BCUT2D eigenvalue weighted by Crippen LogP contribution is -2.25. The van der Waals surface area contributed by atoms with Crippen LogP contribution in [0.4, 0.5) is 5.69 Å². The topological polar surface area (TPSA) is 103 Å². The number of benzene rings is 2. The van der Waals surface area contributed by atoms with E-state index in [1.165, 1.54) is 35.6 Å². The molecule has 4 aromatic rings. The molecule has 9 heteroatoms. The lowest BCUT2D eigenvalue weighted by atomic mass is 10.1. The molecule has 4 rings (SSSR count). The average molecular weight is 492 g/mol. The summed E-state index contributed by atoms with van der Waals surface area (Å²) in [5, 5.41) is 3.57. The molecular formula is C26H25N3O5S. The van der Waals surface area contributed by atoms with Crippen LogP contribution in [-0.2, 0) is 22.5 Å². The first-order valence-electron chi connectivity index (χ1n) is 11.2. The summed E-state index contributed by atoms with van der Waals surface area (Å²) in [6.07, 6.45) is 3.58. The minimum Gasteiger partial charge on any atom is -0.467 e. The molecule has 1 amide bonds. The number of esters is 1. The lowest BCUT2D eigenvalue weighted by molar-refractivity contribution is -0.113. The number of furan rings is 1. The van der Waals surface area contributed by atoms with E-state index in [0.29, 0.717) is 27.5 Å². The van der Waals surface area contributed by atoms with Crippen LogP contribution in [0.1, 0.15) is 35.0 Å². The maximum atomic E-state index is 13.3. The summed E-state index contributed by atoms with van der Waals surface area (Å²) >= 11 is 1.14. The highest BCUT2D eigenvalue weighted by Gasteiger charge is 2.17. The summed E-state index contributed by atoms with van der Waals surface area (Å²) in [6, 6.07) is 15.9. The molecule has 2 heterocycles. The summed E-state index contributed by atoms with van der Waals surface area (Å²) in [5.41, 5.74) is 2.27. The van der Waals surface area contributed by atoms with E-state index in [1.807, 2.05) is 24.3 Å². The number of aromatic nitrogens is 2. The van der Waals surface area contributed by atoms with Crippen molar-refractivity contribution in [2.45, 2.75) is 31.5 Å². The Morgan fingerprint density at radius 1 is 1.14 bits per heavy atom. The number of thioether (sulfide) groups is 1. The first-order chi connectivity index (χ1) is 17.0. The number of carbonyl (C=O) groups is 2. The molecule has 0 aliphatic heterocycles. The number of methoxy groups -OCH3 is 1. The van der Waals surface area contributed by atoms with Gasteiger partial charge < -0.3 is 14.5 Å². The van der Waals surface area contributed by atoms with Crippen molar-refractivity contribution < 1.29 is 18.7 Å². The molecule has 0 bridgehead atoms. The molecule has 0 radical (unpaired) electrons. The second-order valence-corrected chi connectivity index (χ2v) is 8.81. The van der Waals surface area contributed by atoms with Gasteiger partial charge in [-0.15, -0.1) is 0 Å². The number of nitrogens with zero attached hydrogens (tertiary/aromatic N) is 2. The SMILES string of the molecule is CCCc1ccc(NC(=O)CSc2nc3cc(C(=O)OC)ccc3c(=O)n2Cc2ccco2)cc1. The van der Waals surface area contributed by atoms with E-state index in [-0.39, 0.29) is 29.3 Å². The molecule has 0 aliphatic rings. The third kappa shape index (κ3) is 5.81. The molecule has 2 aromatic heterocycles. The van der Waals surface area contributed by atoms with Gasteiger partial charge in [0.1, 0.15) is 5.76 Å². The minimum atomic E-state index is -0.521. The molecule has 0 saturated carbocycles. The van der Waals surface area contributed by atoms with Crippen molar-refractivity contribution in [3.63, 3.8) is 0 Å². The van der Waals surface area contributed by atoms with Gasteiger partial charge in [-0.1, -0.05) is 37.2 Å². The van der Waals surface area contributed by atoms with Gasteiger partial charge in [-0.05, 0) is 54.4 Å². The number of nitrogens with one attached hydrogen (secondary N) is 1. The van der Waals surface area contributed by atoms with E-state index in [4.69, 9.17) is 9.15 Å². The lowest BCUT2D eigenvalue weighted by Gasteiger charge is -2.13. The van der Waals surface area contributed by atoms with Gasteiger partial charge in [0.2, 0.25) is 5.91 Å². The predicted octanol–water partition coefficient (Wildman–Crippen LogP) is 4.51. The maximum absolute atomic E-state index is 13.3. The van der Waals surface area contributed by atoms with E-state index in [2.05, 4.69) is 17.2 Å². The van der Waals surface area contributed by atoms with Crippen molar-refractivity contribution in [1.29, 1.82) is 0 Å². The number of ether oxygens (including phenoxy) is 1. The number of fused-ring (bicyclic) bond motifs is 1. The zero-order valence-corrected chi connectivity index (χ0v) is 20.3. The van der Waals surface area contributed by atoms with Crippen LogP contribution < -0.4 is 10.9 Å². The summed E-state index contributed by atoms with van der Waals surface area (Å²) in [4.78, 5) is 42.5. The molecule has 180 valence electrons. The first-order valence-corrected chi connectivity index (χ1v) is 12.1. The van der Waals surface area contributed by atoms with E-state index in [0.717, 1.165) is 24.6 Å². The highest BCUT2D eigenvalue weighted by atomic mass is 32.2. The second kappa shape index (κ2) is 11.1. The highest BCUT2D eigenvalue weighted by Crippen LogP contribution is 2.21. The zero-order valence-electron chi connectivity index (χ0n) is 19.4. The maximum Gasteiger partial charge on any atom is 0.337 e. The molecule has 0 unspecified atom stereocenters. The summed E-state index contributed by atoms with van der Waals surface area (Å²) in [6.45, 7) is 2.28. The highest BCUT2D eigenvalue weighted by molar-refractivity contribution is 7.99. The van der Waals surface area contributed by atoms with E-state index in [9.17, 15) is 14.4 Å². The van der Waals surface area contributed by atoms with Crippen LogP contribution in [-0.4, -0.2) is 34.3 Å². The predicted molar refractivity (Wildman–Crippen MR) is 135 cm³/mol. The smallest absolute Gasteiger partial charge is 0.337 e. The van der Waals surface area contributed by atoms with Gasteiger partial charge in [0.05, 0.1) is 42.1 Å². The zero-order chi connectivity index (χ0) is 24.8. The van der Waals surface area contributed by atoms with E-state index in [1.54, 1.807) is 18.2 Å². The van der Waals surface area contributed by atoms with Crippen LogP contribution >= 0.6 is 11.8 Å². The van der Waals surface area contributed by atoms with E-state index >= 15 is 0 Å². The summed E-state index contributed by atoms with van der Waals surface area (Å²) in [5.74, 6) is -0.117. The number of amides is 1. The Kier molecular flexibility index (Phi) is 7.67. The Bertz CT molecular complexity index is 1400. The number of rotatable bonds is 9. The number of hydrogen-bond acceptors (Lipinski definition) is 7. The third-order valence-corrected chi connectivity index (χ3v) is 6.32. The van der Waals surface area contributed by atoms with Gasteiger partial charge in [-0.3, -0.25) is 14.2 Å². The van der Waals surface area contributed by atoms with Crippen molar-refractivity contribution >= 4 is 40.2 Å². The summed E-state index contributed by atoms with van der Waals surface area (Å²) < 4.78 is 11.7. The normalized spacial score (nSPS) is 10.9. The summed E-state index contributed by atoms with van der Waals surface area (Å²) in [7, 11) is 1.29. The Balaban J connectivity index is 1.60. The number of anilines is 1. The van der Waals surface area contributed by atoms with Gasteiger partial charge >= 0.3 is 5.97 Å². The number of carbonyl (C=O) groups excluding carboxylic acids is 2. The molecule has 1 N–H and O–H groups in total. The van der Waals surface area contributed by atoms with Crippen LogP contribution in [0.25, 0.3) is 10.9 Å². The molecule has 8 nitrogen and oxygen atoms in total. The third-order valence-electron chi connectivity index (χ3n) is 5.34. The van der Waals surface area contributed by atoms with E-state index < -0.39 is 5.97 Å². The van der Waals surface area contributed by atoms with Gasteiger partial charge in [0.25, 0.3) is 5.56 Å². The molecule has 0 aliphatic carbocycles. The van der Waals surface area contributed by atoms with Crippen molar-refractivity contribution in [2.75, 3.05) is 18.2 Å². The number of hydrogen-bond donors (Lipinski definition) is 1. The van der Waals surface area contributed by atoms with Crippen LogP contribution in [0.5, 0.6) is 0 Å². The van der Waals surface area contributed by atoms with Crippen LogP contribution in [0, 0.1) is 0 Å². The molecule has 0 fully saturated rings. The molecule has 0 spiro atoms. The molecular weight excluding hydrogens is 466 g/mol. The van der Waals surface area contributed by atoms with Crippen molar-refractivity contribution in [3.05, 3.63) is 88.1 Å². The Morgan fingerprint density at radius 3 is 2.63 bits per heavy atom. The average Bonchev–Trinajstić information content (AvgIpc) is 3.38. The Hall–Kier alpha value is -3.85. The minimum absolute atomic E-state index is 0.0451. The van der Waals surface area contributed by atoms with Crippen LogP contribution in [0.3, 0.4) is 0 Å². The molecule has 0 atom stereocenters. The fourth-order valence-corrected chi connectivity index (χ4v) is 4.42. The molecule has 0 saturated heterocycles. The van der Waals surface area contributed by atoms with Crippen molar-refractivity contribution in [1.82, 2.24) is 9.55 Å². The van der Waals surface area contributed by atoms with Gasteiger partial charge in [0.15, 0.2) is 5.16 Å². The Morgan fingerprint density at radius 2 is 1.94 bits per heavy atom. The molecule has 2 aromatic carbocycles. The standard InChI is InChI=1S/C26H25N3O5S/c1-3-5-17-7-10-19(11-8-17)27-23(30)16-35-26-28-22-14-18(25(32)33-2)9-12-21(22)24(31)29(26)15-20-6-4-13-34-20/h4,6-14H,3,5,15-16H2,1-2H3,(H,27,30). The Labute approximate surface area is 206 Å². The first kappa shape index (κ1) is 24.3. The quantitative estimate of drug-likeness (QED) is 0.209. The van der Waals surface area contributed by atoms with Crippen LogP contribution in [0.15, 0.2) is 75.2 Å². The monoisotopic (exact) mass is 491 g/mol. The van der Waals surface area contributed by atoms with Crippen LogP contribution in [0.2, 0.25) is 0 Å². The van der Waals surface area contributed by atoms with Gasteiger partial charge in [-0.25, -0.2) is 9.78 Å². The second-order valence-electron chi connectivity index (χ2n) is 7.87. The molecule has 35 heavy (non-hydrogen) atoms. The fraction of sp³-hybridized carbons (Fsp3) is 0.231.